The highest BCUT2D eigenvalue weighted by Crippen LogP contribution is 2.23. The normalized spacial score (nSPS) is 10.5. The smallest absolute Gasteiger partial charge is 0.355 e. The van der Waals surface area contributed by atoms with Crippen molar-refractivity contribution in [3.8, 4) is 11.4 Å². The predicted molar refractivity (Wildman–Crippen MR) is 62.0 cm³/mol. The zero-order valence-electron chi connectivity index (χ0n) is 8.99. The number of nitrogens with zero attached hydrogens (tertiary/aromatic N) is 2. The standard InChI is InChI=1S/C11H4BrF3N2O2/c12-5-3-16-10(17-9(5)11(18)19)4-1-6(13)8(15)7(14)2-4/h1-3H,(H,18,19). The van der Waals surface area contributed by atoms with Gasteiger partial charge in [-0.3, -0.25) is 0 Å². The minimum absolute atomic E-state index is 0.117. The van der Waals surface area contributed by atoms with Gasteiger partial charge >= 0.3 is 5.97 Å². The van der Waals surface area contributed by atoms with Crippen LogP contribution in [0, 0.1) is 17.5 Å². The fourth-order valence-corrected chi connectivity index (χ4v) is 1.70. The highest BCUT2D eigenvalue weighted by atomic mass is 79.9. The molecule has 1 aromatic carbocycles. The Labute approximate surface area is 113 Å². The van der Waals surface area contributed by atoms with E-state index in [9.17, 15) is 18.0 Å². The second kappa shape index (κ2) is 4.96. The SMILES string of the molecule is O=C(O)c1nc(-c2cc(F)c(F)c(F)c2)ncc1Br. The molecule has 0 spiro atoms. The van der Waals surface area contributed by atoms with Crippen LogP contribution < -0.4 is 0 Å². The zero-order valence-corrected chi connectivity index (χ0v) is 10.6. The molecule has 0 aliphatic carbocycles. The highest BCUT2D eigenvalue weighted by Gasteiger charge is 2.16. The molecule has 2 rings (SSSR count). The van der Waals surface area contributed by atoms with E-state index in [1.54, 1.807) is 0 Å². The summed E-state index contributed by atoms with van der Waals surface area (Å²) < 4.78 is 39.1. The highest BCUT2D eigenvalue weighted by molar-refractivity contribution is 9.10. The average molecular weight is 333 g/mol. The third-order valence-corrected chi connectivity index (χ3v) is 2.77. The van der Waals surface area contributed by atoms with Crippen molar-refractivity contribution in [1.29, 1.82) is 0 Å². The van der Waals surface area contributed by atoms with E-state index in [-0.39, 0.29) is 21.6 Å². The van der Waals surface area contributed by atoms with E-state index in [2.05, 4.69) is 25.9 Å². The Kier molecular flexibility index (Phi) is 3.52. The van der Waals surface area contributed by atoms with Crippen molar-refractivity contribution in [2.24, 2.45) is 0 Å². The van der Waals surface area contributed by atoms with Gasteiger partial charge in [0.2, 0.25) is 0 Å². The van der Waals surface area contributed by atoms with E-state index in [0.717, 1.165) is 6.20 Å². The summed E-state index contributed by atoms with van der Waals surface area (Å²) in [6.07, 6.45) is 1.13. The van der Waals surface area contributed by atoms with Crippen molar-refractivity contribution in [3.05, 3.63) is 45.9 Å². The third kappa shape index (κ3) is 2.58. The summed E-state index contributed by atoms with van der Waals surface area (Å²) in [5, 5.41) is 8.86. The Morgan fingerprint density at radius 1 is 1.21 bits per heavy atom. The Bertz CT molecular complexity index is 656. The fraction of sp³-hybridized carbons (Fsp3) is 0. The van der Waals surface area contributed by atoms with Crippen LogP contribution >= 0.6 is 15.9 Å². The average Bonchev–Trinajstić information content (AvgIpc) is 2.35. The molecule has 0 amide bonds. The zero-order chi connectivity index (χ0) is 14.2. The van der Waals surface area contributed by atoms with Crippen molar-refractivity contribution in [2.45, 2.75) is 0 Å². The van der Waals surface area contributed by atoms with Crippen molar-refractivity contribution in [1.82, 2.24) is 9.97 Å². The molecule has 0 atom stereocenters. The first-order valence-corrected chi connectivity index (χ1v) is 5.60. The molecule has 0 fully saturated rings. The molecule has 19 heavy (non-hydrogen) atoms. The molecule has 0 aliphatic heterocycles. The molecule has 0 aliphatic rings. The molecule has 0 unspecified atom stereocenters. The number of halogens is 4. The van der Waals surface area contributed by atoms with Crippen LogP contribution in [-0.4, -0.2) is 21.0 Å². The summed E-state index contributed by atoms with van der Waals surface area (Å²) in [7, 11) is 0. The molecule has 0 saturated heterocycles. The van der Waals surface area contributed by atoms with Crippen molar-refractivity contribution in [3.63, 3.8) is 0 Å². The summed E-state index contributed by atoms with van der Waals surface area (Å²) in [4.78, 5) is 18.2. The van der Waals surface area contributed by atoms with Gasteiger partial charge in [0.25, 0.3) is 0 Å². The lowest BCUT2D eigenvalue weighted by Gasteiger charge is -2.04. The number of benzene rings is 1. The van der Waals surface area contributed by atoms with Gasteiger partial charge in [0.15, 0.2) is 29.0 Å². The molecule has 1 heterocycles. The molecule has 1 aromatic heterocycles. The van der Waals surface area contributed by atoms with Crippen LogP contribution in [-0.2, 0) is 0 Å². The fourth-order valence-electron chi connectivity index (χ4n) is 1.34. The van der Waals surface area contributed by atoms with Gasteiger partial charge in [-0.1, -0.05) is 0 Å². The third-order valence-electron chi connectivity index (χ3n) is 2.19. The predicted octanol–water partition coefficient (Wildman–Crippen LogP) is 3.02. The van der Waals surface area contributed by atoms with Gasteiger partial charge in [0.05, 0.1) is 4.47 Å². The Balaban J connectivity index is 2.60. The maximum absolute atomic E-state index is 13.1. The monoisotopic (exact) mass is 332 g/mol. The second-order valence-corrected chi connectivity index (χ2v) is 4.30. The number of hydrogen-bond donors (Lipinski definition) is 1. The minimum atomic E-state index is -1.61. The first-order chi connectivity index (χ1) is 8.90. The van der Waals surface area contributed by atoms with Gasteiger partial charge in [-0.15, -0.1) is 0 Å². The summed E-state index contributed by atoms with van der Waals surface area (Å²) in [5.41, 5.74) is -0.526. The molecular weight excluding hydrogens is 329 g/mol. The lowest BCUT2D eigenvalue weighted by Crippen LogP contribution is -2.04. The summed E-state index contributed by atoms with van der Waals surface area (Å²) in [6.45, 7) is 0. The van der Waals surface area contributed by atoms with Crippen LogP contribution in [0.15, 0.2) is 22.8 Å². The van der Waals surface area contributed by atoms with Gasteiger partial charge < -0.3 is 5.11 Å². The lowest BCUT2D eigenvalue weighted by atomic mass is 10.2. The van der Waals surface area contributed by atoms with Gasteiger partial charge in [0, 0.05) is 11.8 Å². The molecule has 0 bridgehead atoms. The van der Waals surface area contributed by atoms with Crippen LogP contribution in [0.4, 0.5) is 13.2 Å². The first-order valence-electron chi connectivity index (χ1n) is 4.81. The molecular formula is C11H4BrF3N2O2. The molecule has 0 saturated carbocycles. The summed E-state index contributed by atoms with van der Waals surface area (Å²) >= 11 is 2.93. The van der Waals surface area contributed by atoms with E-state index in [1.807, 2.05) is 0 Å². The van der Waals surface area contributed by atoms with Crippen molar-refractivity contribution >= 4 is 21.9 Å². The molecule has 98 valence electrons. The van der Waals surface area contributed by atoms with E-state index < -0.39 is 23.4 Å². The Morgan fingerprint density at radius 3 is 2.32 bits per heavy atom. The van der Waals surface area contributed by atoms with E-state index in [0.29, 0.717) is 12.1 Å². The maximum atomic E-state index is 13.1. The molecule has 0 radical (unpaired) electrons. The number of carboxylic acids is 1. The van der Waals surface area contributed by atoms with Crippen LogP contribution in [0.1, 0.15) is 10.5 Å². The molecule has 1 N–H and O–H groups in total. The number of aromatic carboxylic acids is 1. The Hall–Kier alpha value is -1.96. The first kappa shape index (κ1) is 13.5. The maximum Gasteiger partial charge on any atom is 0.355 e. The van der Waals surface area contributed by atoms with Crippen LogP contribution in [0.25, 0.3) is 11.4 Å². The van der Waals surface area contributed by atoms with Crippen LogP contribution in [0.2, 0.25) is 0 Å². The van der Waals surface area contributed by atoms with Gasteiger partial charge in [-0.05, 0) is 28.1 Å². The number of hydrogen-bond acceptors (Lipinski definition) is 3. The van der Waals surface area contributed by atoms with E-state index >= 15 is 0 Å². The number of carbonyl (C=O) groups is 1. The lowest BCUT2D eigenvalue weighted by molar-refractivity contribution is 0.0689. The van der Waals surface area contributed by atoms with Crippen LogP contribution in [0.3, 0.4) is 0 Å². The molecule has 4 nitrogen and oxygen atoms in total. The minimum Gasteiger partial charge on any atom is -0.476 e. The quantitative estimate of drug-likeness (QED) is 0.858. The second-order valence-electron chi connectivity index (χ2n) is 3.45. The number of carboxylic acid groups (broad SMARTS) is 1. The topological polar surface area (TPSA) is 63.1 Å². The molecule has 8 heteroatoms. The summed E-state index contributed by atoms with van der Waals surface area (Å²) in [6, 6.07) is 1.38. The van der Waals surface area contributed by atoms with Gasteiger partial charge in [-0.2, -0.15) is 0 Å². The van der Waals surface area contributed by atoms with E-state index in [4.69, 9.17) is 5.11 Å². The van der Waals surface area contributed by atoms with Crippen molar-refractivity contribution in [2.75, 3.05) is 0 Å². The van der Waals surface area contributed by atoms with E-state index in [1.165, 1.54) is 0 Å². The van der Waals surface area contributed by atoms with Crippen molar-refractivity contribution < 1.29 is 23.1 Å². The van der Waals surface area contributed by atoms with Gasteiger partial charge in [-0.25, -0.2) is 27.9 Å². The largest absolute Gasteiger partial charge is 0.476 e. The van der Waals surface area contributed by atoms with Gasteiger partial charge in [0.1, 0.15) is 0 Å². The number of aromatic nitrogens is 2. The number of rotatable bonds is 2. The summed E-state index contributed by atoms with van der Waals surface area (Å²) in [5.74, 6) is -5.98. The molecule has 2 aromatic rings. The van der Waals surface area contributed by atoms with Crippen LogP contribution in [0.5, 0.6) is 0 Å². The Morgan fingerprint density at radius 2 is 1.79 bits per heavy atom.